The van der Waals surface area contributed by atoms with Gasteiger partial charge in [-0.05, 0) is 48.0 Å². The number of aromatic nitrogens is 1. The SMILES string of the molecule is O=C1N/C(=C/c2cn(Cc3ccc(Cl)cc3)c3ccccc23)C(=O)N1c1cccc(Cl)c1. The second-order valence-corrected chi connectivity index (χ2v) is 8.34. The zero-order valence-corrected chi connectivity index (χ0v) is 18.3. The molecule has 0 radical (unpaired) electrons. The lowest BCUT2D eigenvalue weighted by atomic mass is 10.1. The third-order valence-corrected chi connectivity index (χ3v) is 5.82. The van der Waals surface area contributed by atoms with Crippen LogP contribution in [0.3, 0.4) is 0 Å². The Labute approximate surface area is 194 Å². The second-order valence-electron chi connectivity index (χ2n) is 7.46. The van der Waals surface area contributed by atoms with Crippen LogP contribution in [0.25, 0.3) is 17.0 Å². The van der Waals surface area contributed by atoms with Gasteiger partial charge in [-0.15, -0.1) is 0 Å². The quantitative estimate of drug-likeness (QED) is 0.295. The normalized spacial score (nSPS) is 15.1. The first kappa shape index (κ1) is 20.4. The van der Waals surface area contributed by atoms with Gasteiger partial charge in [0.05, 0.1) is 5.69 Å². The van der Waals surface area contributed by atoms with Gasteiger partial charge >= 0.3 is 6.03 Å². The predicted molar refractivity (Wildman–Crippen MR) is 128 cm³/mol. The highest BCUT2D eigenvalue weighted by atomic mass is 35.5. The number of hydrogen-bond acceptors (Lipinski definition) is 2. The third-order valence-electron chi connectivity index (χ3n) is 5.33. The van der Waals surface area contributed by atoms with E-state index < -0.39 is 11.9 Å². The van der Waals surface area contributed by atoms with Gasteiger partial charge in [0.25, 0.3) is 5.91 Å². The molecule has 1 N–H and O–H groups in total. The summed E-state index contributed by atoms with van der Waals surface area (Å²) in [5, 5.41) is 4.81. The molecule has 1 aliphatic heterocycles. The first-order valence-electron chi connectivity index (χ1n) is 9.94. The van der Waals surface area contributed by atoms with E-state index in [2.05, 4.69) is 9.88 Å². The summed E-state index contributed by atoms with van der Waals surface area (Å²) in [6.45, 7) is 0.649. The highest BCUT2D eigenvalue weighted by Gasteiger charge is 2.35. The number of amides is 3. The summed E-state index contributed by atoms with van der Waals surface area (Å²) in [5.41, 5.74) is 3.61. The van der Waals surface area contributed by atoms with Crippen LogP contribution in [0.1, 0.15) is 11.1 Å². The van der Waals surface area contributed by atoms with Crippen molar-refractivity contribution in [2.75, 3.05) is 4.90 Å². The Morgan fingerprint density at radius 1 is 0.875 bits per heavy atom. The van der Waals surface area contributed by atoms with Crippen molar-refractivity contribution in [3.63, 3.8) is 0 Å². The van der Waals surface area contributed by atoms with Crippen LogP contribution in [-0.2, 0) is 11.3 Å². The number of carbonyl (C=O) groups excluding carboxylic acids is 2. The maximum atomic E-state index is 13.0. The molecule has 0 saturated carbocycles. The van der Waals surface area contributed by atoms with E-state index in [4.69, 9.17) is 23.2 Å². The number of benzene rings is 3. The molecule has 7 heteroatoms. The van der Waals surface area contributed by atoms with Gasteiger partial charge in [0.2, 0.25) is 0 Å². The molecule has 0 aliphatic carbocycles. The molecule has 3 amide bonds. The van der Waals surface area contributed by atoms with Gasteiger partial charge in [0.15, 0.2) is 0 Å². The Hall–Kier alpha value is -3.54. The lowest BCUT2D eigenvalue weighted by Gasteiger charge is -2.11. The number of para-hydroxylation sites is 1. The van der Waals surface area contributed by atoms with Crippen LogP contribution in [0.15, 0.2) is 84.7 Å². The number of carbonyl (C=O) groups is 2. The van der Waals surface area contributed by atoms with Crippen LogP contribution >= 0.6 is 23.2 Å². The van der Waals surface area contributed by atoms with Gasteiger partial charge in [-0.25, -0.2) is 9.69 Å². The van der Waals surface area contributed by atoms with Gasteiger partial charge in [-0.1, -0.05) is 59.6 Å². The predicted octanol–water partition coefficient (Wildman–Crippen LogP) is 6.09. The number of halogens is 2. The maximum Gasteiger partial charge on any atom is 0.333 e. The number of anilines is 1. The molecule has 0 atom stereocenters. The summed E-state index contributed by atoms with van der Waals surface area (Å²) in [4.78, 5) is 26.6. The van der Waals surface area contributed by atoms with E-state index >= 15 is 0 Å². The van der Waals surface area contributed by atoms with Gasteiger partial charge in [-0.2, -0.15) is 0 Å². The van der Waals surface area contributed by atoms with Crippen molar-refractivity contribution in [1.29, 1.82) is 0 Å². The fourth-order valence-corrected chi connectivity index (χ4v) is 4.16. The molecule has 0 unspecified atom stereocenters. The molecule has 32 heavy (non-hydrogen) atoms. The highest BCUT2D eigenvalue weighted by molar-refractivity contribution is 6.32. The zero-order valence-electron chi connectivity index (χ0n) is 16.8. The summed E-state index contributed by atoms with van der Waals surface area (Å²) in [6, 6.07) is 21.8. The Bertz CT molecular complexity index is 1390. The fraction of sp³-hybridized carbons (Fsp3) is 0.0400. The minimum atomic E-state index is -0.506. The Balaban J connectivity index is 1.52. The lowest BCUT2D eigenvalue weighted by molar-refractivity contribution is -0.113. The summed E-state index contributed by atoms with van der Waals surface area (Å²) >= 11 is 12.0. The van der Waals surface area contributed by atoms with E-state index in [-0.39, 0.29) is 5.70 Å². The first-order valence-corrected chi connectivity index (χ1v) is 10.7. The molecular formula is C25H17Cl2N3O2. The molecule has 5 rings (SSSR count). The fourth-order valence-electron chi connectivity index (χ4n) is 3.85. The Morgan fingerprint density at radius 3 is 2.44 bits per heavy atom. The number of urea groups is 1. The van der Waals surface area contributed by atoms with E-state index in [1.807, 2.05) is 54.7 Å². The van der Waals surface area contributed by atoms with Crippen molar-refractivity contribution < 1.29 is 9.59 Å². The number of nitrogens with zero attached hydrogens (tertiary/aromatic N) is 2. The zero-order chi connectivity index (χ0) is 22.2. The molecular weight excluding hydrogens is 445 g/mol. The van der Waals surface area contributed by atoms with E-state index in [0.29, 0.717) is 22.3 Å². The Morgan fingerprint density at radius 2 is 1.66 bits per heavy atom. The molecule has 1 aliphatic rings. The summed E-state index contributed by atoms with van der Waals surface area (Å²) < 4.78 is 2.11. The lowest BCUT2D eigenvalue weighted by Crippen LogP contribution is -2.30. The van der Waals surface area contributed by atoms with Crippen molar-refractivity contribution in [2.24, 2.45) is 0 Å². The van der Waals surface area contributed by atoms with Crippen LogP contribution in [-0.4, -0.2) is 16.5 Å². The number of hydrogen-bond donors (Lipinski definition) is 1. The first-order chi connectivity index (χ1) is 15.5. The van der Waals surface area contributed by atoms with Crippen molar-refractivity contribution in [1.82, 2.24) is 9.88 Å². The third kappa shape index (κ3) is 3.77. The highest BCUT2D eigenvalue weighted by Crippen LogP contribution is 2.28. The molecule has 3 aromatic carbocycles. The van der Waals surface area contributed by atoms with Gasteiger partial charge in [0, 0.05) is 39.3 Å². The van der Waals surface area contributed by atoms with Gasteiger partial charge < -0.3 is 9.88 Å². The molecule has 0 spiro atoms. The molecule has 1 aromatic heterocycles. The largest absolute Gasteiger partial charge is 0.342 e. The van der Waals surface area contributed by atoms with Gasteiger partial charge in [0.1, 0.15) is 5.70 Å². The monoisotopic (exact) mass is 461 g/mol. The number of rotatable bonds is 4. The van der Waals surface area contributed by atoms with Gasteiger partial charge in [-0.3, -0.25) is 4.79 Å². The molecule has 5 nitrogen and oxygen atoms in total. The summed E-state index contributed by atoms with van der Waals surface area (Å²) in [6.07, 6.45) is 3.69. The summed E-state index contributed by atoms with van der Waals surface area (Å²) in [5.74, 6) is -0.424. The van der Waals surface area contributed by atoms with Crippen molar-refractivity contribution in [3.8, 4) is 0 Å². The van der Waals surface area contributed by atoms with Crippen LogP contribution in [0.2, 0.25) is 10.0 Å². The standard InChI is InChI=1S/C25H17Cl2N3O2/c26-18-10-8-16(9-11-18)14-29-15-17(21-6-1-2-7-23(21)29)12-22-24(31)30(25(32)28-22)20-5-3-4-19(27)13-20/h1-13,15H,14H2,(H,28,32)/b22-12+. The summed E-state index contributed by atoms with van der Waals surface area (Å²) in [7, 11) is 0. The molecule has 0 bridgehead atoms. The van der Waals surface area contributed by atoms with Crippen LogP contribution in [0.5, 0.6) is 0 Å². The van der Waals surface area contributed by atoms with E-state index in [0.717, 1.165) is 26.9 Å². The molecule has 1 fully saturated rings. The van der Waals surface area contributed by atoms with Crippen molar-refractivity contribution in [3.05, 3.63) is 106 Å². The van der Waals surface area contributed by atoms with Crippen LogP contribution in [0, 0.1) is 0 Å². The smallest absolute Gasteiger partial charge is 0.333 e. The van der Waals surface area contributed by atoms with E-state index in [1.165, 1.54) is 0 Å². The van der Waals surface area contributed by atoms with E-state index in [9.17, 15) is 9.59 Å². The molecule has 2 heterocycles. The number of fused-ring (bicyclic) bond motifs is 1. The maximum absolute atomic E-state index is 13.0. The van der Waals surface area contributed by atoms with Crippen molar-refractivity contribution >= 4 is 57.8 Å². The minimum absolute atomic E-state index is 0.212. The number of imide groups is 1. The Kier molecular flexibility index (Phi) is 5.21. The molecule has 4 aromatic rings. The van der Waals surface area contributed by atoms with Crippen LogP contribution in [0.4, 0.5) is 10.5 Å². The average molecular weight is 462 g/mol. The average Bonchev–Trinajstić information content (AvgIpc) is 3.26. The molecule has 1 saturated heterocycles. The topological polar surface area (TPSA) is 54.3 Å². The van der Waals surface area contributed by atoms with E-state index in [1.54, 1.807) is 30.3 Å². The second kappa shape index (κ2) is 8.19. The molecule has 158 valence electrons. The number of nitrogens with one attached hydrogen (secondary N) is 1. The van der Waals surface area contributed by atoms with Crippen molar-refractivity contribution in [2.45, 2.75) is 6.54 Å². The minimum Gasteiger partial charge on any atom is -0.342 e. The van der Waals surface area contributed by atoms with Crippen LogP contribution < -0.4 is 10.2 Å².